The standard InChI is InChI=1S/C13H15BrN4O2/c1-4-18-7-10(9(3)17-18)8(2)15-16-13(19)11-5-6-12(14)20-11/h5-7H,4H2,1-3H3,(H,16,19). The van der Waals surface area contributed by atoms with E-state index in [2.05, 4.69) is 31.6 Å². The summed E-state index contributed by atoms with van der Waals surface area (Å²) in [6.45, 7) is 6.54. The number of nitrogens with one attached hydrogen (secondary N) is 1. The van der Waals surface area contributed by atoms with Crippen molar-refractivity contribution in [2.45, 2.75) is 27.3 Å². The molecule has 7 heteroatoms. The summed E-state index contributed by atoms with van der Waals surface area (Å²) in [4.78, 5) is 11.8. The van der Waals surface area contributed by atoms with Gasteiger partial charge in [0.25, 0.3) is 0 Å². The lowest BCUT2D eigenvalue weighted by molar-refractivity contribution is 0.0926. The van der Waals surface area contributed by atoms with E-state index >= 15 is 0 Å². The zero-order valence-corrected chi connectivity index (χ0v) is 13.1. The monoisotopic (exact) mass is 338 g/mol. The Labute approximate surface area is 125 Å². The first-order valence-corrected chi connectivity index (χ1v) is 6.95. The van der Waals surface area contributed by atoms with Gasteiger partial charge in [0.15, 0.2) is 10.4 Å². The average Bonchev–Trinajstić information content (AvgIpc) is 3.01. The van der Waals surface area contributed by atoms with Crippen molar-refractivity contribution in [2.75, 3.05) is 0 Å². The normalized spacial score (nSPS) is 11.7. The van der Waals surface area contributed by atoms with Gasteiger partial charge in [-0.25, -0.2) is 5.43 Å². The summed E-state index contributed by atoms with van der Waals surface area (Å²) >= 11 is 3.14. The molecule has 0 bridgehead atoms. The van der Waals surface area contributed by atoms with Crippen LogP contribution in [-0.2, 0) is 6.54 Å². The lowest BCUT2D eigenvalue weighted by Gasteiger charge is -1.99. The first kappa shape index (κ1) is 14.5. The Morgan fingerprint density at radius 1 is 1.55 bits per heavy atom. The maximum absolute atomic E-state index is 11.8. The molecule has 0 saturated carbocycles. The maximum Gasteiger partial charge on any atom is 0.307 e. The van der Waals surface area contributed by atoms with Gasteiger partial charge in [-0.15, -0.1) is 0 Å². The number of hydrogen-bond acceptors (Lipinski definition) is 4. The van der Waals surface area contributed by atoms with Gasteiger partial charge >= 0.3 is 5.91 Å². The topological polar surface area (TPSA) is 72.4 Å². The molecule has 0 saturated heterocycles. The van der Waals surface area contributed by atoms with Crippen molar-refractivity contribution in [3.63, 3.8) is 0 Å². The molecule has 2 aromatic heterocycles. The SMILES string of the molecule is CCn1cc(C(C)=NNC(=O)c2ccc(Br)o2)c(C)n1. The van der Waals surface area contributed by atoms with Gasteiger partial charge in [0.05, 0.1) is 11.4 Å². The molecule has 2 rings (SSSR count). The third-order valence-electron chi connectivity index (χ3n) is 2.78. The summed E-state index contributed by atoms with van der Waals surface area (Å²) in [5.74, 6) is -0.190. The van der Waals surface area contributed by atoms with Gasteiger partial charge in [-0.05, 0) is 48.8 Å². The molecule has 106 valence electrons. The van der Waals surface area contributed by atoms with Crippen LogP contribution < -0.4 is 5.43 Å². The van der Waals surface area contributed by atoms with E-state index in [1.54, 1.807) is 12.1 Å². The third kappa shape index (κ3) is 3.16. The molecule has 2 aromatic rings. The number of carbonyl (C=O) groups is 1. The summed E-state index contributed by atoms with van der Waals surface area (Å²) in [5.41, 5.74) is 4.95. The Hall–Kier alpha value is -1.89. The summed E-state index contributed by atoms with van der Waals surface area (Å²) in [6.07, 6.45) is 1.91. The molecule has 1 N–H and O–H groups in total. The fraction of sp³-hybridized carbons (Fsp3) is 0.308. The van der Waals surface area contributed by atoms with Gasteiger partial charge in [0.2, 0.25) is 0 Å². The fourth-order valence-corrected chi connectivity index (χ4v) is 2.03. The van der Waals surface area contributed by atoms with Crippen LogP contribution in [0.15, 0.2) is 32.5 Å². The van der Waals surface area contributed by atoms with Crippen molar-refractivity contribution < 1.29 is 9.21 Å². The predicted molar refractivity (Wildman–Crippen MR) is 78.7 cm³/mol. The summed E-state index contributed by atoms with van der Waals surface area (Å²) in [7, 11) is 0. The maximum atomic E-state index is 11.8. The Morgan fingerprint density at radius 2 is 2.30 bits per heavy atom. The van der Waals surface area contributed by atoms with Gasteiger partial charge in [-0.1, -0.05) is 0 Å². The summed E-state index contributed by atoms with van der Waals surface area (Å²) in [6, 6.07) is 3.23. The predicted octanol–water partition coefficient (Wildman–Crippen LogP) is 2.72. The molecule has 20 heavy (non-hydrogen) atoms. The minimum Gasteiger partial charge on any atom is -0.444 e. The van der Waals surface area contributed by atoms with Gasteiger partial charge in [0.1, 0.15) is 0 Å². The molecule has 0 aliphatic rings. The zero-order chi connectivity index (χ0) is 14.7. The van der Waals surface area contributed by atoms with Crippen LogP contribution in [0.3, 0.4) is 0 Å². The van der Waals surface area contributed by atoms with Crippen LogP contribution in [0.1, 0.15) is 35.7 Å². The van der Waals surface area contributed by atoms with E-state index in [4.69, 9.17) is 4.42 Å². The van der Waals surface area contributed by atoms with Crippen LogP contribution in [0.5, 0.6) is 0 Å². The molecular formula is C13H15BrN4O2. The molecule has 0 fully saturated rings. The van der Waals surface area contributed by atoms with Crippen molar-refractivity contribution >= 4 is 27.5 Å². The van der Waals surface area contributed by atoms with E-state index in [0.717, 1.165) is 17.8 Å². The minimum atomic E-state index is -0.393. The summed E-state index contributed by atoms with van der Waals surface area (Å²) in [5, 5.41) is 8.41. The van der Waals surface area contributed by atoms with E-state index in [1.165, 1.54) is 0 Å². The summed E-state index contributed by atoms with van der Waals surface area (Å²) < 4.78 is 7.48. The highest BCUT2D eigenvalue weighted by atomic mass is 79.9. The Morgan fingerprint density at radius 3 is 2.85 bits per heavy atom. The van der Waals surface area contributed by atoms with Crippen LogP contribution in [0, 0.1) is 6.92 Å². The molecule has 0 radical (unpaired) electrons. The number of amides is 1. The molecule has 1 amide bonds. The lowest BCUT2D eigenvalue weighted by atomic mass is 10.2. The Kier molecular flexibility index (Phi) is 4.39. The third-order valence-corrected chi connectivity index (χ3v) is 3.21. The van der Waals surface area contributed by atoms with E-state index in [9.17, 15) is 4.79 Å². The lowest BCUT2D eigenvalue weighted by Crippen LogP contribution is -2.18. The number of halogens is 1. The van der Waals surface area contributed by atoms with Crippen LogP contribution >= 0.6 is 15.9 Å². The molecule has 0 aromatic carbocycles. The highest BCUT2D eigenvalue weighted by molar-refractivity contribution is 9.10. The van der Waals surface area contributed by atoms with Crippen molar-refractivity contribution in [1.82, 2.24) is 15.2 Å². The second-order valence-corrected chi connectivity index (χ2v) is 5.01. The molecule has 0 spiro atoms. The van der Waals surface area contributed by atoms with Gasteiger partial charge in [-0.2, -0.15) is 10.2 Å². The highest BCUT2D eigenvalue weighted by Crippen LogP contribution is 2.13. The number of furan rings is 1. The zero-order valence-electron chi connectivity index (χ0n) is 11.5. The van der Waals surface area contributed by atoms with Crippen LogP contribution in [0.25, 0.3) is 0 Å². The molecular weight excluding hydrogens is 324 g/mol. The number of hydrazone groups is 1. The molecule has 0 aliphatic carbocycles. The first-order chi connectivity index (χ1) is 9.51. The largest absolute Gasteiger partial charge is 0.444 e. The molecule has 2 heterocycles. The van der Waals surface area contributed by atoms with Crippen molar-refractivity contribution in [3.05, 3.63) is 40.0 Å². The van der Waals surface area contributed by atoms with Gasteiger partial charge < -0.3 is 4.42 Å². The molecule has 0 aliphatic heterocycles. The Bertz CT molecular complexity index is 657. The van der Waals surface area contributed by atoms with Crippen molar-refractivity contribution in [1.29, 1.82) is 0 Å². The van der Waals surface area contributed by atoms with Crippen LogP contribution in [-0.4, -0.2) is 21.4 Å². The number of nitrogens with zero attached hydrogens (tertiary/aromatic N) is 3. The second-order valence-electron chi connectivity index (χ2n) is 4.23. The smallest absolute Gasteiger partial charge is 0.307 e. The first-order valence-electron chi connectivity index (χ1n) is 6.15. The van der Waals surface area contributed by atoms with Gasteiger partial charge in [0, 0.05) is 18.3 Å². The molecule has 0 unspecified atom stereocenters. The number of aromatic nitrogens is 2. The number of hydrogen-bond donors (Lipinski definition) is 1. The van der Waals surface area contributed by atoms with E-state index in [0.29, 0.717) is 10.4 Å². The van der Waals surface area contributed by atoms with E-state index < -0.39 is 5.91 Å². The average molecular weight is 339 g/mol. The molecule has 0 atom stereocenters. The minimum absolute atomic E-state index is 0.203. The number of rotatable bonds is 4. The van der Waals surface area contributed by atoms with Gasteiger partial charge in [-0.3, -0.25) is 9.48 Å². The second kappa shape index (κ2) is 6.04. The van der Waals surface area contributed by atoms with Crippen molar-refractivity contribution in [3.8, 4) is 0 Å². The van der Waals surface area contributed by atoms with Crippen LogP contribution in [0.2, 0.25) is 0 Å². The van der Waals surface area contributed by atoms with E-state index in [1.807, 2.05) is 31.6 Å². The number of carbonyl (C=O) groups excluding carboxylic acids is 1. The Balaban J connectivity index is 2.10. The van der Waals surface area contributed by atoms with Crippen LogP contribution in [0.4, 0.5) is 0 Å². The fourth-order valence-electron chi connectivity index (χ4n) is 1.72. The quantitative estimate of drug-likeness (QED) is 0.688. The molecule has 6 nitrogen and oxygen atoms in total. The van der Waals surface area contributed by atoms with Crippen molar-refractivity contribution in [2.24, 2.45) is 5.10 Å². The number of aryl methyl sites for hydroxylation is 2. The highest BCUT2D eigenvalue weighted by Gasteiger charge is 2.11. The van der Waals surface area contributed by atoms with E-state index in [-0.39, 0.29) is 5.76 Å².